The van der Waals surface area contributed by atoms with E-state index in [4.69, 9.17) is 0 Å². The van der Waals surface area contributed by atoms with Gasteiger partial charge in [-0.3, -0.25) is 9.69 Å². The number of hydrogen-bond acceptors (Lipinski definition) is 3. The number of carbonyl (C=O) groups excluding carboxylic acids is 1. The molecule has 0 bridgehead atoms. The van der Waals surface area contributed by atoms with Crippen molar-refractivity contribution in [2.45, 2.75) is 19.9 Å². The molecule has 122 valence electrons. The highest BCUT2D eigenvalue weighted by Gasteiger charge is 2.28. The Labute approximate surface area is 135 Å². The Morgan fingerprint density at radius 2 is 2.17 bits per heavy atom. The summed E-state index contributed by atoms with van der Waals surface area (Å²) in [6.45, 7) is 5.10. The van der Waals surface area contributed by atoms with Gasteiger partial charge in [0.25, 0.3) is 0 Å². The molecule has 0 atom stereocenters. The average Bonchev–Trinajstić information content (AvgIpc) is 2.94. The number of carbonyl (C=O) groups is 1. The summed E-state index contributed by atoms with van der Waals surface area (Å²) >= 11 is 0. The lowest BCUT2D eigenvalue weighted by Gasteiger charge is -2.39. The Morgan fingerprint density at radius 3 is 2.91 bits per heavy atom. The van der Waals surface area contributed by atoms with Crippen molar-refractivity contribution in [3.63, 3.8) is 0 Å². The van der Waals surface area contributed by atoms with Crippen LogP contribution in [0.3, 0.4) is 0 Å². The molecule has 2 aromatic rings. The summed E-state index contributed by atoms with van der Waals surface area (Å²) in [7, 11) is 0. The maximum Gasteiger partial charge on any atom is 0.238 e. The SMILES string of the molecule is CCc1nccn1CC1CN(CC(=O)Nc2ccccc2F)C1. The number of hydrogen-bond donors (Lipinski definition) is 1. The summed E-state index contributed by atoms with van der Waals surface area (Å²) < 4.78 is 15.7. The normalized spacial score (nSPS) is 15.4. The largest absolute Gasteiger partial charge is 0.335 e. The van der Waals surface area contributed by atoms with Gasteiger partial charge in [0.15, 0.2) is 0 Å². The molecule has 0 saturated carbocycles. The van der Waals surface area contributed by atoms with Gasteiger partial charge in [0.05, 0.1) is 12.2 Å². The van der Waals surface area contributed by atoms with E-state index in [-0.39, 0.29) is 11.6 Å². The Hall–Kier alpha value is -2.21. The number of likely N-dealkylation sites (tertiary alicyclic amines) is 1. The lowest BCUT2D eigenvalue weighted by Crippen LogP contribution is -2.51. The van der Waals surface area contributed by atoms with Gasteiger partial charge < -0.3 is 9.88 Å². The first kappa shape index (κ1) is 15.7. The number of anilines is 1. The third kappa shape index (κ3) is 3.76. The predicted octanol–water partition coefficient (Wildman–Crippen LogP) is 2.16. The first-order valence-electron chi connectivity index (χ1n) is 7.92. The molecule has 2 heterocycles. The standard InChI is InChI=1S/C17H21FN4O/c1-2-16-19-7-8-22(16)11-13-9-21(10-13)12-17(23)20-15-6-4-3-5-14(15)18/h3-8,13H,2,9-12H2,1H3,(H,20,23). The van der Waals surface area contributed by atoms with Gasteiger partial charge in [0, 0.05) is 44.4 Å². The molecule has 0 aliphatic carbocycles. The lowest BCUT2D eigenvalue weighted by molar-refractivity contribution is -0.119. The van der Waals surface area contributed by atoms with Crippen LogP contribution >= 0.6 is 0 Å². The van der Waals surface area contributed by atoms with E-state index < -0.39 is 5.82 Å². The predicted molar refractivity (Wildman–Crippen MR) is 86.6 cm³/mol. The number of rotatable bonds is 6. The minimum absolute atomic E-state index is 0.176. The lowest BCUT2D eigenvalue weighted by atomic mass is 10.00. The summed E-state index contributed by atoms with van der Waals surface area (Å²) in [5.41, 5.74) is 0.237. The molecule has 1 aliphatic rings. The van der Waals surface area contributed by atoms with Crippen LogP contribution in [0.5, 0.6) is 0 Å². The summed E-state index contributed by atoms with van der Waals surface area (Å²) in [6.07, 6.45) is 4.76. The van der Waals surface area contributed by atoms with Gasteiger partial charge in [-0.05, 0) is 12.1 Å². The molecule has 0 spiro atoms. The number of para-hydroxylation sites is 1. The summed E-state index contributed by atoms with van der Waals surface area (Å²) in [5.74, 6) is 1.05. The topological polar surface area (TPSA) is 50.2 Å². The van der Waals surface area contributed by atoms with E-state index in [9.17, 15) is 9.18 Å². The molecule has 1 fully saturated rings. The van der Waals surface area contributed by atoms with Crippen LogP contribution in [-0.2, 0) is 17.8 Å². The van der Waals surface area contributed by atoms with Gasteiger partial charge in [-0.25, -0.2) is 9.37 Å². The van der Waals surface area contributed by atoms with Crippen LogP contribution in [0.25, 0.3) is 0 Å². The van der Waals surface area contributed by atoms with Crippen molar-refractivity contribution < 1.29 is 9.18 Å². The molecule has 1 aliphatic heterocycles. The van der Waals surface area contributed by atoms with Crippen molar-refractivity contribution in [2.24, 2.45) is 5.92 Å². The molecule has 1 amide bonds. The van der Waals surface area contributed by atoms with Crippen molar-refractivity contribution in [1.29, 1.82) is 0 Å². The monoisotopic (exact) mass is 316 g/mol. The smallest absolute Gasteiger partial charge is 0.238 e. The maximum absolute atomic E-state index is 13.5. The summed E-state index contributed by atoms with van der Waals surface area (Å²) in [4.78, 5) is 18.3. The molecule has 1 saturated heterocycles. The van der Waals surface area contributed by atoms with E-state index in [0.717, 1.165) is 31.9 Å². The molecule has 0 unspecified atom stereocenters. The van der Waals surface area contributed by atoms with E-state index >= 15 is 0 Å². The van der Waals surface area contributed by atoms with Gasteiger partial charge in [-0.2, -0.15) is 0 Å². The first-order valence-corrected chi connectivity index (χ1v) is 7.92. The number of nitrogens with zero attached hydrogens (tertiary/aromatic N) is 3. The van der Waals surface area contributed by atoms with Crippen molar-refractivity contribution in [2.75, 3.05) is 25.0 Å². The zero-order chi connectivity index (χ0) is 16.2. The second-order valence-corrected chi connectivity index (χ2v) is 5.94. The van der Waals surface area contributed by atoms with Crippen LogP contribution in [0.4, 0.5) is 10.1 Å². The Balaban J connectivity index is 1.43. The van der Waals surface area contributed by atoms with Crippen molar-refractivity contribution in [1.82, 2.24) is 14.5 Å². The van der Waals surface area contributed by atoms with Crippen LogP contribution < -0.4 is 5.32 Å². The number of nitrogens with one attached hydrogen (secondary N) is 1. The second kappa shape index (κ2) is 6.91. The number of aryl methyl sites for hydroxylation is 1. The number of halogens is 1. The summed E-state index contributed by atoms with van der Waals surface area (Å²) in [6, 6.07) is 6.21. The van der Waals surface area contributed by atoms with Crippen LogP contribution in [0, 0.1) is 11.7 Å². The van der Waals surface area contributed by atoms with E-state index in [2.05, 4.69) is 26.7 Å². The second-order valence-electron chi connectivity index (χ2n) is 5.94. The number of imidazole rings is 1. The third-order valence-electron chi connectivity index (χ3n) is 4.12. The van der Waals surface area contributed by atoms with E-state index in [1.165, 1.54) is 6.07 Å². The highest BCUT2D eigenvalue weighted by molar-refractivity contribution is 5.92. The van der Waals surface area contributed by atoms with Gasteiger partial charge >= 0.3 is 0 Å². The Bertz CT molecular complexity index is 679. The van der Waals surface area contributed by atoms with E-state index in [1.54, 1.807) is 18.2 Å². The maximum atomic E-state index is 13.5. The fourth-order valence-corrected chi connectivity index (χ4v) is 2.98. The quantitative estimate of drug-likeness (QED) is 0.888. The molecular weight excluding hydrogens is 295 g/mol. The van der Waals surface area contributed by atoms with Crippen molar-refractivity contribution in [3.05, 3.63) is 48.3 Å². The number of benzene rings is 1. The van der Waals surface area contributed by atoms with E-state index in [1.807, 2.05) is 12.4 Å². The van der Waals surface area contributed by atoms with Crippen LogP contribution in [0.15, 0.2) is 36.7 Å². The first-order chi connectivity index (χ1) is 11.2. The van der Waals surface area contributed by atoms with Gasteiger partial charge in [0.1, 0.15) is 11.6 Å². The third-order valence-corrected chi connectivity index (χ3v) is 4.12. The molecular formula is C17H21FN4O. The Kier molecular flexibility index (Phi) is 4.71. The fraction of sp³-hybridized carbons (Fsp3) is 0.412. The molecule has 5 nitrogen and oxygen atoms in total. The summed E-state index contributed by atoms with van der Waals surface area (Å²) in [5, 5.41) is 2.62. The highest BCUT2D eigenvalue weighted by Crippen LogP contribution is 2.19. The average molecular weight is 316 g/mol. The zero-order valence-corrected chi connectivity index (χ0v) is 13.2. The molecule has 0 radical (unpaired) electrons. The number of amides is 1. The molecule has 6 heteroatoms. The van der Waals surface area contributed by atoms with E-state index in [0.29, 0.717) is 12.5 Å². The van der Waals surface area contributed by atoms with Gasteiger partial charge in [-0.1, -0.05) is 19.1 Å². The Morgan fingerprint density at radius 1 is 1.39 bits per heavy atom. The van der Waals surface area contributed by atoms with Crippen molar-refractivity contribution in [3.8, 4) is 0 Å². The minimum atomic E-state index is -0.408. The fourth-order valence-electron chi connectivity index (χ4n) is 2.98. The highest BCUT2D eigenvalue weighted by atomic mass is 19.1. The van der Waals surface area contributed by atoms with Crippen molar-refractivity contribution >= 4 is 11.6 Å². The van der Waals surface area contributed by atoms with Crippen LogP contribution in [-0.4, -0.2) is 40.0 Å². The van der Waals surface area contributed by atoms with Crippen LogP contribution in [0.2, 0.25) is 0 Å². The molecule has 1 aromatic carbocycles. The zero-order valence-electron chi connectivity index (χ0n) is 13.2. The molecule has 3 rings (SSSR count). The number of aromatic nitrogens is 2. The van der Waals surface area contributed by atoms with Gasteiger partial charge in [0.2, 0.25) is 5.91 Å². The minimum Gasteiger partial charge on any atom is -0.335 e. The molecule has 1 aromatic heterocycles. The molecule has 23 heavy (non-hydrogen) atoms. The van der Waals surface area contributed by atoms with Crippen LogP contribution in [0.1, 0.15) is 12.7 Å². The van der Waals surface area contributed by atoms with Gasteiger partial charge in [-0.15, -0.1) is 0 Å². The molecule has 1 N–H and O–H groups in total.